The largest absolute Gasteiger partial charge is 0.382 e. The van der Waals surface area contributed by atoms with E-state index < -0.39 is 17.8 Å². The predicted molar refractivity (Wildman–Crippen MR) is 181 cm³/mol. The van der Waals surface area contributed by atoms with Gasteiger partial charge in [0.1, 0.15) is 23.4 Å². The molecule has 5 heterocycles. The van der Waals surface area contributed by atoms with Crippen LogP contribution < -0.4 is 26.6 Å². The molecule has 0 radical (unpaired) electrons. The lowest BCUT2D eigenvalue weighted by atomic mass is 9.91. The predicted octanol–water partition coefficient (Wildman–Crippen LogP) is 2.92. The Morgan fingerprint density at radius 3 is 2.50 bits per heavy atom. The highest BCUT2D eigenvalue weighted by Crippen LogP contribution is 2.38. The summed E-state index contributed by atoms with van der Waals surface area (Å²) in [4.78, 5) is 54.3. The molecule has 14 heteroatoms. The minimum atomic E-state index is -0.737. The zero-order valence-electron chi connectivity index (χ0n) is 26.8. The summed E-state index contributed by atoms with van der Waals surface area (Å²) in [7, 11) is 0. The van der Waals surface area contributed by atoms with Crippen molar-refractivity contribution in [2.24, 2.45) is 5.73 Å². The normalized spacial score (nSPS) is 21.5. The third kappa shape index (κ3) is 6.17. The number of hydrogen-bond acceptors (Lipinski definition) is 10. The molecule has 48 heavy (non-hydrogen) atoms. The van der Waals surface area contributed by atoms with Gasteiger partial charge in [-0.1, -0.05) is 23.7 Å². The summed E-state index contributed by atoms with van der Waals surface area (Å²) in [6.45, 7) is 6.95. The fraction of sp³-hybridized carbons (Fsp3) is 0.441. The van der Waals surface area contributed by atoms with Crippen molar-refractivity contribution >= 4 is 46.6 Å². The van der Waals surface area contributed by atoms with Gasteiger partial charge in [-0.15, -0.1) is 0 Å². The van der Waals surface area contributed by atoms with E-state index in [0.29, 0.717) is 65.9 Å². The molecule has 3 amide bonds. The number of imide groups is 1. The molecule has 0 saturated carbocycles. The molecule has 2 aromatic carbocycles. The molecule has 7 rings (SSSR count). The number of nitrogen functional groups attached to an aromatic ring is 1. The van der Waals surface area contributed by atoms with E-state index in [-0.39, 0.29) is 42.3 Å². The summed E-state index contributed by atoms with van der Waals surface area (Å²) in [6, 6.07) is 8.08. The van der Waals surface area contributed by atoms with Crippen molar-refractivity contribution in [1.29, 1.82) is 0 Å². The van der Waals surface area contributed by atoms with E-state index in [0.717, 1.165) is 37.4 Å². The van der Waals surface area contributed by atoms with Gasteiger partial charge in [0.15, 0.2) is 5.82 Å². The number of carbonyl (C=O) groups is 3. The maximum atomic E-state index is 15.3. The topological polar surface area (TPSA) is 154 Å². The van der Waals surface area contributed by atoms with Gasteiger partial charge in [0, 0.05) is 81.0 Å². The molecule has 3 fully saturated rings. The Hall–Kier alpha value is -4.33. The lowest BCUT2D eigenvalue weighted by molar-refractivity contribution is -0.136. The van der Waals surface area contributed by atoms with Crippen LogP contribution in [-0.4, -0.2) is 88.3 Å². The minimum absolute atomic E-state index is 0.168. The van der Waals surface area contributed by atoms with E-state index in [1.54, 1.807) is 12.3 Å². The van der Waals surface area contributed by atoms with Crippen LogP contribution in [-0.2, 0) is 22.7 Å². The molecule has 0 aliphatic carbocycles. The number of nitrogens with zero attached hydrogens (tertiary/aromatic N) is 6. The molecule has 252 valence electrons. The molecule has 4 aliphatic heterocycles. The highest BCUT2D eigenvalue weighted by atomic mass is 35.5. The van der Waals surface area contributed by atoms with Gasteiger partial charge in [0.05, 0.1) is 16.9 Å². The monoisotopic (exact) mass is 675 g/mol. The SMILES string of the molecule is CC1(N)CCN(c2cnc(-c3cccc(N4CCN(Cc5cc6c(cc5F)C(=O)N(C5CCC(=O)NC5=O)C6)CC4)c3Cl)c(N)n2)CC1. The molecule has 3 saturated heterocycles. The van der Waals surface area contributed by atoms with Crippen LogP contribution in [0.3, 0.4) is 0 Å². The second-order valence-corrected chi connectivity index (χ2v) is 13.9. The first-order valence-corrected chi connectivity index (χ1v) is 16.7. The van der Waals surface area contributed by atoms with Gasteiger partial charge in [0.2, 0.25) is 11.8 Å². The number of hydrogen-bond donors (Lipinski definition) is 3. The number of piperazine rings is 1. The summed E-state index contributed by atoms with van der Waals surface area (Å²) in [6.07, 6.45) is 3.91. The van der Waals surface area contributed by atoms with E-state index >= 15 is 4.39 Å². The smallest absolute Gasteiger partial charge is 0.255 e. The van der Waals surface area contributed by atoms with Crippen molar-refractivity contribution in [3.8, 4) is 11.3 Å². The Balaban J connectivity index is 0.999. The molecule has 4 aliphatic rings. The first-order chi connectivity index (χ1) is 23.0. The standard InChI is InChI=1S/C34H39ClFN9O3/c1-34(38)7-9-44(10-8-34)27-17-39-30(31(37)40-27)22-3-2-4-25(29(22)35)43-13-11-42(12-14-43)18-21-15-20-19-45(33(48)23(20)16-24(21)36)26-5-6-28(46)41-32(26)47/h2-4,15-17,26H,5-14,18-19,38H2,1H3,(H2,37,40)(H,41,46,47). The Labute approximate surface area is 283 Å². The molecular formula is C34H39ClFN9O3. The van der Waals surface area contributed by atoms with Crippen molar-refractivity contribution in [2.45, 2.75) is 57.3 Å². The Bertz CT molecular complexity index is 1790. The Kier molecular flexibility index (Phi) is 8.46. The zero-order valence-corrected chi connectivity index (χ0v) is 27.6. The molecule has 1 unspecified atom stereocenters. The number of amides is 3. The molecule has 12 nitrogen and oxygen atoms in total. The number of halogens is 2. The number of fused-ring (bicyclic) bond motifs is 1. The lowest BCUT2D eigenvalue weighted by Crippen LogP contribution is -2.52. The van der Waals surface area contributed by atoms with Crippen molar-refractivity contribution < 1.29 is 18.8 Å². The zero-order chi connectivity index (χ0) is 33.7. The summed E-state index contributed by atoms with van der Waals surface area (Å²) in [5, 5.41) is 2.84. The molecule has 0 bridgehead atoms. The van der Waals surface area contributed by atoms with Crippen LogP contribution in [0.15, 0.2) is 36.5 Å². The number of anilines is 3. The fourth-order valence-corrected chi connectivity index (χ4v) is 7.43. The van der Waals surface area contributed by atoms with E-state index in [1.165, 1.54) is 11.0 Å². The van der Waals surface area contributed by atoms with Crippen LogP contribution in [0.2, 0.25) is 5.02 Å². The Morgan fingerprint density at radius 2 is 1.79 bits per heavy atom. The molecule has 0 spiro atoms. The molecular weight excluding hydrogens is 637 g/mol. The third-order valence-corrected chi connectivity index (χ3v) is 10.4. The molecule has 1 aromatic heterocycles. The van der Waals surface area contributed by atoms with Gasteiger partial charge in [0.25, 0.3) is 5.91 Å². The number of carbonyl (C=O) groups excluding carboxylic acids is 3. The maximum Gasteiger partial charge on any atom is 0.255 e. The van der Waals surface area contributed by atoms with Crippen LogP contribution in [0, 0.1) is 5.82 Å². The number of rotatable bonds is 6. The van der Waals surface area contributed by atoms with Gasteiger partial charge in [-0.3, -0.25) is 24.6 Å². The van der Waals surface area contributed by atoms with Gasteiger partial charge >= 0.3 is 0 Å². The fourth-order valence-electron chi connectivity index (χ4n) is 7.10. The van der Waals surface area contributed by atoms with Crippen LogP contribution in [0.1, 0.15) is 54.1 Å². The lowest BCUT2D eigenvalue weighted by Gasteiger charge is -2.37. The first kappa shape index (κ1) is 32.2. The van der Waals surface area contributed by atoms with Crippen molar-refractivity contribution in [3.05, 3.63) is 64.1 Å². The van der Waals surface area contributed by atoms with Crippen LogP contribution in [0.4, 0.5) is 21.7 Å². The number of nitrogens with one attached hydrogen (secondary N) is 1. The maximum absolute atomic E-state index is 15.3. The average Bonchev–Trinajstić information content (AvgIpc) is 3.36. The molecule has 3 aromatic rings. The van der Waals surface area contributed by atoms with E-state index in [2.05, 4.69) is 36.9 Å². The van der Waals surface area contributed by atoms with Crippen LogP contribution >= 0.6 is 11.6 Å². The van der Waals surface area contributed by atoms with Crippen molar-refractivity contribution in [3.63, 3.8) is 0 Å². The van der Waals surface area contributed by atoms with Gasteiger partial charge in [-0.2, -0.15) is 0 Å². The molecule has 1 atom stereocenters. The second-order valence-electron chi connectivity index (χ2n) is 13.5. The number of benzene rings is 2. The van der Waals surface area contributed by atoms with Gasteiger partial charge in [-0.05, 0) is 49.9 Å². The number of nitrogens with two attached hydrogens (primary N) is 2. The summed E-state index contributed by atoms with van der Waals surface area (Å²) in [5.74, 6) is -0.624. The third-order valence-electron chi connectivity index (χ3n) is 10.0. The average molecular weight is 676 g/mol. The van der Waals surface area contributed by atoms with Gasteiger partial charge in [-0.25, -0.2) is 14.4 Å². The number of aromatic nitrogens is 2. The van der Waals surface area contributed by atoms with E-state index in [1.807, 2.05) is 18.2 Å². The summed E-state index contributed by atoms with van der Waals surface area (Å²) >= 11 is 6.98. The van der Waals surface area contributed by atoms with Crippen molar-refractivity contribution in [2.75, 3.05) is 54.8 Å². The van der Waals surface area contributed by atoms with Crippen LogP contribution in [0.5, 0.6) is 0 Å². The first-order valence-electron chi connectivity index (χ1n) is 16.4. The van der Waals surface area contributed by atoms with E-state index in [4.69, 9.17) is 23.1 Å². The quantitative estimate of drug-likeness (QED) is 0.333. The summed E-state index contributed by atoms with van der Waals surface area (Å²) in [5.41, 5.74) is 16.1. The molecule has 5 N–H and O–H groups in total. The second kappa shape index (κ2) is 12.6. The highest BCUT2D eigenvalue weighted by molar-refractivity contribution is 6.36. The Morgan fingerprint density at radius 1 is 1.04 bits per heavy atom. The minimum Gasteiger partial charge on any atom is -0.382 e. The van der Waals surface area contributed by atoms with Gasteiger partial charge < -0.3 is 26.2 Å². The number of piperidine rings is 2. The van der Waals surface area contributed by atoms with E-state index in [9.17, 15) is 14.4 Å². The van der Waals surface area contributed by atoms with Crippen molar-refractivity contribution in [1.82, 2.24) is 25.1 Å². The highest BCUT2D eigenvalue weighted by Gasteiger charge is 2.39. The van der Waals surface area contributed by atoms with Crippen LogP contribution in [0.25, 0.3) is 11.3 Å². The summed E-state index contributed by atoms with van der Waals surface area (Å²) < 4.78 is 15.3.